The number of pyridine rings is 1. The van der Waals surface area contributed by atoms with Gasteiger partial charge in [-0.05, 0) is 63.8 Å². The lowest BCUT2D eigenvalue weighted by Crippen LogP contribution is -2.13. The van der Waals surface area contributed by atoms with Gasteiger partial charge in [-0.3, -0.25) is 4.79 Å². The summed E-state index contributed by atoms with van der Waals surface area (Å²) in [5.74, 6) is -0.518. The molecule has 0 saturated carbocycles. The zero-order chi connectivity index (χ0) is 23.7. The zero-order valence-electron chi connectivity index (χ0n) is 17.5. The van der Waals surface area contributed by atoms with Gasteiger partial charge in [-0.15, -0.1) is 0 Å². The van der Waals surface area contributed by atoms with Gasteiger partial charge in [0.05, 0.1) is 17.2 Å². The molecule has 0 bridgehead atoms. The molecule has 0 aliphatic heterocycles. The van der Waals surface area contributed by atoms with Gasteiger partial charge >= 0.3 is 6.18 Å². The first kappa shape index (κ1) is 21.8. The van der Waals surface area contributed by atoms with Crippen LogP contribution in [0.3, 0.4) is 0 Å². The molecule has 5 nitrogen and oxygen atoms in total. The van der Waals surface area contributed by atoms with Crippen LogP contribution >= 0.6 is 11.3 Å². The van der Waals surface area contributed by atoms with Crippen molar-refractivity contribution in [2.45, 2.75) is 12.7 Å². The second-order valence-corrected chi connectivity index (χ2v) is 8.26. The molecule has 3 heterocycles. The second-order valence-electron chi connectivity index (χ2n) is 7.48. The molecule has 34 heavy (non-hydrogen) atoms. The first-order chi connectivity index (χ1) is 16.4. The number of benzene rings is 2. The van der Waals surface area contributed by atoms with Crippen LogP contribution in [0.1, 0.15) is 11.1 Å². The summed E-state index contributed by atoms with van der Waals surface area (Å²) in [7, 11) is 0. The summed E-state index contributed by atoms with van der Waals surface area (Å²) in [6.45, 7) is 0.453. The highest BCUT2D eigenvalue weighted by Crippen LogP contribution is 2.37. The van der Waals surface area contributed by atoms with E-state index in [9.17, 15) is 18.0 Å². The minimum absolute atomic E-state index is 0.0621. The maximum absolute atomic E-state index is 13.3. The lowest BCUT2D eigenvalue weighted by Gasteiger charge is -2.15. The number of thiophene rings is 1. The Morgan fingerprint density at radius 1 is 1.00 bits per heavy atom. The van der Waals surface area contributed by atoms with E-state index < -0.39 is 23.2 Å². The van der Waals surface area contributed by atoms with Gasteiger partial charge < -0.3 is 9.30 Å². The number of fused-ring (bicyclic) bond motifs is 1. The topological polar surface area (TPSA) is 57.0 Å². The van der Waals surface area contributed by atoms with Crippen LogP contribution in [0.5, 0.6) is 11.6 Å². The number of ether oxygens (including phenoxy) is 1. The van der Waals surface area contributed by atoms with E-state index >= 15 is 0 Å². The Labute approximate surface area is 195 Å². The molecule has 0 fully saturated rings. The predicted molar refractivity (Wildman–Crippen MR) is 124 cm³/mol. The molecular weight excluding hydrogens is 463 g/mol. The number of nitrogens with zero attached hydrogens (tertiary/aromatic N) is 3. The van der Waals surface area contributed by atoms with Crippen molar-refractivity contribution in [3.63, 3.8) is 0 Å². The van der Waals surface area contributed by atoms with E-state index in [0.29, 0.717) is 12.1 Å². The maximum Gasteiger partial charge on any atom is 0.421 e. The SMILES string of the molecule is O=c1ncn(Cc2ccccc2-c2ccsc2)c2ccc(Oc3ncccc3C(F)(F)F)cc12. The molecule has 0 atom stereocenters. The Morgan fingerprint density at radius 3 is 2.65 bits per heavy atom. The van der Waals surface area contributed by atoms with Gasteiger partial charge in [-0.1, -0.05) is 24.3 Å². The van der Waals surface area contributed by atoms with Gasteiger partial charge in [0.25, 0.3) is 5.56 Å². The summed E-state index contributed by atoms with van der Waals surface area (Å²) in [6, 6.07) is 16.6. The molecule has 3 aromatic heterocycles. The van der Waals surface area contributed by atoms with Crippen molar-refractivity contribution < 1.29 is 17.9 Å². The van der Waals surface area contributed by atoms with Crippen molar-refractivity contribution in [2.24, 2.45) is 0 Å². The summed E-state index contributed by atoms with van der Waals surface area (Å²) in [5, 5.41) is 4.31. The molecule has 9 heteroatoms. The summed E-state index contributed by atoms with van der Waals surface area (Å²) in [5.41, 5.74) is 2.31. The van der Waals surface area contributed by atoms with Gasteiger partial charge in [-0.2, -0.15) is 29.5 Å². The largest absolute Gasteiger partial charge is 0.438 e. The lowest BCUT2D eigenvalue weighted by atomic mass is 10.0. The summed E-state index contributed by atoms with van der Waals surface area (Å²) in [6.07, 6.45) is -1.94. The van der Waals surface area contributed by atoms with E-state index in [1.807, 2.05) is 40.3 Å². The average Bonchev–Trinajstić information content (AvgIpc) is 3.36. The molecule has 5 rings (SSSR count). The number of halogens is 3. The monoisotopic (exact) mass is 479 g/mol. The lowest BCUT2D eigenvalue weighted by molar-refractivity contribution is -0.138. The van der Waals surface area contributed by atoms with Crippen molar-refractivity contribution in [2.75, 3.05) is 0 Å². The Balaban J connectivity index is 1.52. The van der Waals surface area contributed by atoms with Crippen molar-refractivity contribution >= 4 is 22.2 Å². The third-order valence-corrected chi connectivity index (χ3v) is 5.99. The Hall–Kier alpha value is -3.98. The third-order valence-electron chi connectivity index (χ3n) is 5.30. The normalized spacial score (nSPS) is 11.6. The quantitative estimate of drug-likeness (QED) is 0.294. The van der Waals surface area contributed by atoms with Crippen molar-refractivity contribution in [3.8, 4) is 22.8 Å². The fourth-order valence-corrected chi connectivity index (χ4v) is 4.38. The van der Waals surface area contributed by atoms with E-state index in [1.165, 1.54) is 30.7 Å². The van der Waals surface area contributed by atoms with Crippen LogP contribution in [0.2, 0.25) is 0 Å². The van der Waals surface area contributed by atoms with Crippen LogP contribution in [0.15, 0.2) is 88.7 Å². The Morgan fingerprint density at radius 2 is 1.85 bits per heavy atom. The van der Waals surface area contributed by atoms with Crippen LogP contribution in [-0.2, 0) is 12.7 Å². The third kappa shape index (κ3) is 4.29. The van der Waals surface area contributed by atoms with Crippen LogP contribution in [0.25, 0.3) is 22.0 Å². The summed E-state index contributed by atoms with van der Waals surface area (Å²) < 4.78 is 47.1. The molecule has 0 amide bonds. The number of hydrogen-bond donors (Lipinski definition) is 0. The van der Waals surface area contributed by atoms with Gasteiger partial charge in [0.15, 0.2) is 0 Å². The van der Waals surface area contributed by atoms with Crippen molar-refractivity contribution in [1.82, 2.24) is 14.5 Å². The van der Waals surface area contributed by atoms with Crippen molar-refractivity contribution in [1.29, 1.82) is 0 Å². The van der Waals surface area contributed by atoms with Crippen LogP contribution in [0.4, 0.5) is 13.2 Å². The Kier molecular flexibility index (Phi) is 5.62. The molecule has 0 radical (unpaired) electrons. The standard InChI is InChI=1S/C25H16F3N3O2S/c26-25(27,28)21-6-3-10-29-24(21)33-18-7-8-22-20(12-18)23(32)30-15-31(22)13-16-4-1-2-5-19(16)17-9-11-34-14-17/h1-12,14-15H,13H2. The zero-order valence-corrected chi connectivity index (χ0v) is 18.3. The van der Waals surface area contributed by atoms with E-state index in [4.69, 9.17) is 4.74 Å². The highest BCUT2D eigenvalue weighted by Gasteiger charge is 2.35. The Bertz CT molecular complexity index is 1530. The number of alkyl halides is 3. The summed E-state index contributed by atoms with van der Waals surface area (Å²) in [4.78, 5) is 20.2. The smallest absolute Gasteiger partial charge is 0.421 e. The molecule has 2 aromatic carbocycles. The van der Waals surface area contributed by atoms with E-state index in [0.717, 1.165) is 22.8 Å². The number of hydrogen-bond acceptors (Lipinski definition) is 5. The van der Waals surface area contributed by atoms with Crippen LogP contribution in [-0.4, -0.2) is 14.5 Å². The molecule has 0 saturated heterocycles. The first-order valence-electron chi connectivity index (χ1n) is 10.2. The van der Waals surface area contributed by atoms with Crippen molar-refractivity contribution in [3.05, 3.63) is 105 Å². The van der Waals surface area contributed by atoms with Crippen LogP contribution < -0.4 is 10.3 Å². The maximum atomic E-state index is 13.3. The predicted octanol–water partition coefficient (Wildman–Crippen LogP) is 6.38. The highest BCUT2D eigenvalue weighted by molar-refractivity contribution is 7.08. The minimum atomic E-state index is -4.62. The fourth-order valence-electron chi connectivity index (χ4n) is 3.72. The first-order valence-corrected chi connectivity index (χ1v) is 11.1. The summed E-state index contributed by atoms with van der Waals surface area (Å²) >= 11 is 1.61. The molecule has 170 valence electrons. The minimum Gasteiger partial charge on any atom is -0.438 e. The molecule has 0 spiro atoms. The molecule has 0 aliphatic carbocycles. The number of rotatable bonds is 5. The van der Waals surface area contributed by atoms with Gasteiger partial charge in [0.2, 0.25) is 5.88 Å². The van der Waals surface area contributed by atoms with E-state index in [-0.39, 0.29) is 11.1 Å². The molecule has 0 aliphatic rings. The molecule has 0 N–H and O–H groups in total. The molecule has 0 unspecified atom stereocenters. The van der Waals surface area contributed by atoms with Gasteiger partial charge in [0.1, 0.15) is 11.3 Å². The van der Waals surface area contributed by atoms with Gasteiger partial charge in [-0.25, -0.2) is 4.98 Å². The number of aromatic nitrogens is 3. The fraction of sp³-hybridized carbons (Fsp3) is 0.0800. The molecule has 5 aromatic rings. The highest BCUT2D eigenvalue weighted by atomic mass is 32.1. The van der Waals surface area contributed by atoms with Crippen LogP contribution in [0, 0.1) is 0 Å². The van der Waals surface area contributed by atoms with E-state index in [1.54, 1.807) is 17.4 Å². The molecular formula is C25H16F3N3O2S. The second kappa shape index (κ2) is 8.75. The van der Waals surface area contributed by atoms with Gasteiger partial charge in [0, 0.05) is 12.7 Å². The average molecular weight is 479 g/mol. The van der Waals surface area contributed by atoms with E-state index in [2.05, 4.69) is 15.3 Å².